The third-order valence-corrected chi connectivity index (χ3v) is 10.4. The molecule has 1 aliphatic heterocycles. The molecule has 11 heteroatoms. The first-order chi connectivity index (χ1) is 25.2. The van der Waals surface area contributed by atoms with E-state index in [2.05, 4.69) is 31.9 Å². The Kier molecular flexibility index (Phi) is 14.3. The van der Waals surface area contributed by atoms with E-state index in [1.807, 2.05) is 63.5 Å². The van der Waals surface area contributed by atoms with Crippen molar-refractivity contribution in [1.82, 2.24) is 9.88 Å². The summed E-state index contributed by atoms with van der Waals surface area (Å²) in [5.74, 6) is 1.19. The van der Waals surface area contributed by atoms with E-state index < -0.39 is 17.5 Å². The highest BCUT2D eigenvalue weighted by Crippen LogP contribution is 2.51. The summed E-state index contributed by atoms with van der Waals surface area (Å²) in [4.78, 5) is 19.7. The number of methoxy groups -OCH3 is 1. The van der Waals surface area contributed by atoms with E-state index in [9.17, 15) is 10.1 Å². The predicted octanol–water partition coefficient (Wildman–Crippen LogP) is 9.37. The lowest BCUT2D eigenvalue weighted by Crippen LogP contribution is -2.52. The maximum Gasteiger partial charge on any atom is 0.224 e. The summed E-state index contributed by atoms with van der Waals surface area (Å²) in [6.07, 6.45) is 12.3. The van der Waals surface area contributed by atoms with Gasteiger partial charge in [-0.15, -0.1) is 0 Å². The number of nitrogens with zero attached hydrogens (tertiary/aromatic N) is 3. The van der Waals surface area contributed by atoms with Crippen molar-refractivity contribution in [1.29, 1.82) is 5.26 Å². The van der Waals surface area contributed by atoms with E-state index in [4.69, 9.17) is 25.8 Å². The number of aromatic nitrogens is 1. The van der Waals surface area contributed by atoms with Gasteiger partial charge in [-0.05, 0) is 77.2 Å². The number of ether oxygens (including phenoxy) is 3. The number of pyridine rings is 1. The lowest BCUT2D eigenvalue weighted by Gasteiger charge is -2.48. The molecule has 1 amide bonds. The molecule has 2 aromatic carbocycles. The van der Waals surface area contributed by atoms with E-state index in [-0.39, 0.29) is 12.5 Å². The van der Waals surface area contributed by atoms with Crippen LogP contribution in [0.3, 0.4) is 0 Å². The fraction of sp³-hybridized carbons (Fsp3) is 0.537. The van der Waals surface area contributed by atoms with Gasteiger partial charge >= 0.3 is 0 Å². The van der Waals surface area contributed by atoms with Crippen molar-refractivity contribution < 1.29 is 19.0 Å². The lowest BCUT2D eigenvalue weighted by atomic mass is 9.68. The van der Waals surface area contributed by atoms with Crippen LogP contribution >= 0.6 is 11.6 Å². The van der Waals surface area contributed by atoms with Crippen LogP contribution in [-0.4, -0.2) is 55.7 Å². The van der Waals surface area contributed by atoms with Crippen LogP contribution in [0.2, 0.25) is 5.02 Å². The Labute approximate surface area is 314 Å². The van der Waals surface area contributed by atoms with Gasteiger partial charge in [0.1, 0.15) is 18.1 Å². The molecule has 52 heavy (non-hydrogen) atoms. The highest BCUT2D eigenvalue weighted by atomic mass is 35.5. The second kappa shape index (κ2) is 19.0. The Hall–Kier alpha value is -4.20. The van der Waals surface area contributed by atoms with Gasteiger partial charge in [-0.3, -0.25) is 4.79 Å². The van der Waals surface area contributed by atoms with Gasteiger partial charge in [0.2, 0.25) is 11.8 Å². The fourth-order valence-corrected chi connectivity index (χ4v) is 7.74. The van der Waals surface area contributed by atoms with Gasteiger partial charge < -0.3 is 35.1 Å². The molecule has 1 fully saturated rings. The van der Waals surface area contributed by atoms with Crippen LogP contribution in [0.25, 0.3) is 0 Å². The second-order valence-corrected chi connectivity index (χ2v) is 14.7. The Morgan fingerprint density at radius 1 is 1.02 bits per heavy atom. The minimum atomic E-state index is -0.444. The van der Waals surface area contributed by atoms with E-state index in [1.54, 1.807) is 13.2 Å². The van der Waals surface area contributed by atoms with Crippen LogP contribution < -0.4 is 30.2 Å². The van der Waals surface area contributed by atoms with Crippen LogP contribution in [0.4, 0.5) is 17.1 Å². The van der Waals surface area contributed by atoms with Crippen molar-refractivity contribution in [2.75, 3.05) is 50.3 Å². The zero-order valence-corrected chi connectivity index (χ0v) is 32.0. The van der Waals surface area contributed by atoms with E-state index >= 15 is 0 Å². The number of hydrogen-bond acceptors (Lipinski definition) is 9. The molecule has 1 spiro atoms. The largest absolute Gasteiger partial charge is 0.492 e. The summed E-state index contributed by atoms with van der Waals surface area (Å²) >= 11 is 6.82. The molecule has 3 N–H and O–H groups in total. The van der Waals surface area contributed by atoms with E-state index in [0.717, 1.165) is 74.1 Å². The summed E-state index contributed by atoms with van der Waals surface area (Å²) in [5.41, 5.74) is 3.47. The smallest absolute Gasteiger partial charge is 0.224 e. The molecule has 1 aromatic heterocycles. The number of halogens is 1. The molecule has 3 aromatic rings. The van der Waals surface area contributed by atoms with Crippen LogP contribution in [0, 0.1) is 17.2 Å². The van der Waals surface area contributed by atoms with Crippen molar-refractivity contribution in [3.05, 3.63) is 64.8 Å². The normalized spacial score (nSPS) is 18.6. The molecular weight excluding hydrogens is 676 g/mol. The molecule has 0 saturated heterocycles. The molecule has 5 rings (SSSR count). The van der Waals surface area contributed by atoms with Gasteiger partial charge in [0, 0.05) is 35.5 Å². The Bertz CT molecular complexity index is 1670. The molecule has 10 nitrogen and oxygen atoms in total. The Balaban J connectivity index is 1.49. The van der Waals surface area contributed by atoms with E-state index in [0.29, 0.717) is 41.1 Å². The molecule has 280 valence electrons. The minimum Gasteiger partial charge on any atom is -0.492 e. The number of amides is 1. The molecule has 0 radical (unpaired) electrons. The van der Waals surface area contributed by atoms with Gasteiger partial charge in [0.05, 0.1) is 53.7 Å². The number of hydrogen-bond donors (Lipinski definition) is 3. The second-order valence-electron chi connectivity index (χ2n) is 14.3. The molecule has 0 bridgehead atoms. The summed E-state index contributed by atoms with van der Waals surface area (Å²) < 4.78 is 17.4. The van der Waals surface area contributed by atoms with Gasteiger partial charge in [0.15, 0.2) is 0 Å². The standard InChI is InChI=1S/C41H55ClN6O4/c1-5-51-37-26-34-31(25-35(37)46-38(49)17-15-23-48(2)3)40(32(27-43)41(47-34)21-12-10-8-6-7-9-11-13-22-41)45-29-19-20-36(33(42)24-29)52-28-30-16-14-18-39(44-30)50-4/h14,16,18-20,24-26,32,40,45,47H,5-13,15,17,21-23,28H2,1-4H3,(H,46,49). The number of benzene rings is 2. The number of nitrogens with one attached hydrogen (secondary N) is 3. The van der Waals surface area contributed by atoms with Crippen LogP contribution in [0.1, 0.15) is 101 Å². The third-order valence-electron chi connectivity index (χ3n) is 10.1. The minimum absolute atomic E-state index is 0.0701. The van der Waals surface area contributed by atoms with Gasteiger partial charge in [-0.25, -0.2) is 4.98 Å². The van der Waals surface area contributed by atoms with Crippen LogP contribution in [-0.2, 0) is 11.4 Å². The molecule has 2 unspecified atom stereocenters. The molecule has 2 atom stereocenters. The zero-order chi connectivity index (χ0) is 36.9. The number of nitriles is 1. The summed E-state index contributed by atoms with van der Waals surface area (Å²) in [7, 11) is 5.58. The topological polar surface area (TPSA) is 121 Å². The van der Waals surface area contributed by atoms with Crippen molar-refractivity contribution in [2.45, 2.75) is 102 Å². The van der Waals surface area contributed by atoms with Gasteiger partial charge in [-0.2, -0.15) is 5.26 Å². The molecule has 2 aliphatic rings. The van der Waals surface area contributed by atoms with Crippen molar-refractivity contribution >= 4 is 34.6 Å². The fourth-order valence-electron chi connectivity index (χ4n) is 7.50. The number of fused-ring (bicyclic) bond motifs is 1. The quantitative estimate of drug-likeness (QED) is 0.158. The number of anilines is 3. The number of carbonyl (C=O) groups excluding carboxylic acids is 1. The van der Waals surface area contributed by atoms with Gasteiger partial charge in [0.25, 0.3) is 0 Å². The number of carbonyl (C=O) groups is 1. The van der Waals surface area contributed by atoms with Crippen LogP contribution in [0.15, 0.2) is 48.5 Å². The highest BCUT2D eigenvalue weighted by Gasteiger charge is 2.48. The summed E-state index contributed by atoms with van der Waals surface area (Å²) in [6.45, 7) is 3.46. The zero-order valence-electron chi connectivity index (χ0n) is 31.2. The first-order valence-electron chi connectivity index (χ1n) is 18.9. The monoisotopic (exact) mass is 730 g/mol. The lowest BCUT2D eigenvalue weighted by molar-refractivity contribution is -0.116. The van der Waals surface area contributed by atoms with Gasteiger partial charge in [-0.1, -0.05) is 69.0 Å². The average Bonchev–Trinajstić information content (AvgIpc) is 3.17. The predicted molar refractivity (Wildman–Crippen MR) is 209 cm³/mol. The maximum atomic E-state index is 13.2. The van der Waals surface area contributed by atoms with Crippen molar-refractivity contribution in [2.24, 2.45) is 5.92 Å². The highest BCUT2D eigenvalue weighted by molar-refractivity contribution is 6.32. The molecular formula is C41H55ClN6O4. The SMILES string of the molecule is CCOc1cc2c(cc1NC(=O)CCCN(C)C)C(Nc1ccc(OCc3cccc(OC)n3)c(Cl)c1)C(C#N)C1(CCCCCCCCCC1)N2. The first kappa shape index (κ1) is 39.0. The summed E-state index contributed by atoms with van der Waals surface area (Å²) in [6, 6.07) is 17.5. The third kappa shape index (κ3) is 10.2. The maximum absolute atomic E-state index is 13.2. The molecule has 1 saturated carbocycles. The van der Waals surface area contributed by atoms with Crippen molar-refractivity contribution in [3.8, 4) is 23.4 Å². The number of rotatable bonds is 13. The Morgan fingerprint density at radius 2 is 1.75 bits per heavy atom. The van der Waals surface area contributed by atoms with Crippen LogP contribution in [0.5, 0.6) is 17.4 Å². The first-order valence-corrected chi connectivity index (χ1v) is 19.2. The van der Waals surface area contributed by atoms with Crippen molar-refractivity contribution in [3.63, 3.8) is 0 Å². The van der Waals surface area contributed by atoms with E-state index in [1.165, 1.54) is 25.7 Å². The molecule has 1 aliphatic carbocycles. The molecule has 2 heterocycles. The summed E-state index contributed by atoms with van der Waals surface area (Å²) in [5, 5.41) is 22.3. The Morgan fingerprint density at radius 3 is 2.40 bits per heavy atom. The average molecular weight is 731 g/mol.